The molecule has 0 atom stereocenters. The van der Waals surface area contributed by atoms with Crippen molar-refractivity contribution in [3.05, 3.63) is 0 Å². The standard InChI is InChI=1S/C13H24N6S/c1-4-6-14-11-15-12(18(2)3)17-13(16-11)19-7-5-9-20-10-8-19/h4-10H2,1-3H3,(H,14,15,16,17). The van der Waals surface area contributed by atoms with Crippen molar-refractivity contribution in [2.45, 2.75) is 19.8 Å². The first-order valence-electron chi connectivity index (χ1n) is 7.20. The van der Waals surface area contributed by atoms with Crippen molar-refractivity contribution in [3.8, 4) is 0 Å². The third-order valence-electron chi connectivity index (χ3n) is 3.05. The number of nitrogens with zero attached hydrogens (tertiary/aromatic N) is 5. The second-order valence-electron chi connectivity index (χ2n) is 5.03. The quantitative estimate of drug-likeness (QED) is 0.887. The average Bonchev–Trinajstić information content (AvgIpc) is 2.73. The molecule has 2 rings (SSSR count). The lowest BCUT2D eigenvalue weighted by molar-refractivity contribution is 0.772. The Morgan fingerprint density at radius 2 is 2.05 bits per heavy atom. The van der Waals surface area contributed by atoms with Crippen LogP contribution in [-0.2, 0) is 0 Å². The molecule has 0 saturated carbocycles. The largest absolute Gasteiger partial charge is 0.354 e. The zero-order valence-corrected chi connectivity index (χ0v) is 13.4. The van der Waals surface area contributed by atoms with Gasteiger partial charge in [0.2, 0.25) is 17.8 Å². The molecule has 1 N–H and O–H groups in total. The van der Waals surface area contributed by atoms with E-state index in [1.54, 1.807) is 0 Å². The molecule has 2 heterocycles. The van der Waals surface area contributed by atoms with Crippen LogP contribution in [0, 0.1) is 0 Å². The van der Waals surface area contributed by atoms with E-state index in [1.165, 1.54) is 12.2 Å². The molecule has 1 fully saturated rings. The fourth-order valence-corrected chi connectivity index (χ4v) is 2.84. The summed E-state index contributed by atoms with van der Waals surface area (Å²) in [7, 11) is 3.92. The summed E-state index contributed by atoms with van der Waals surface area (Å²) in [5.74, 6) is 4.55. The molecule has 20 heavy (non-hydrogen) atoms. The molecule has 0 bridgehead atoms. The van der Waals surface area contributed by atoms with Gasteiger partial charge in [-0.3, -0.25) is 0 Å². The van der Waals surface area contributed by atoms with E-state index in [9.17, 15) is 0 Å². The maximum absolute atomic E-state index is 4.59. The van der Waals surface area contributed by atoms with E-state index in [4.69, 9.17) is 0 Å². The zero-order valence-electron chi connectivity index (χ0n) is 12.6. The summed E-state index contributed by atoms with van der Waals surface area (Å²) < 4.78 is 0. The first-order chi connectivity index (χ1) is 9.70. The number of hydrogen-bond acceptors (Lipinski definition) is 7. The molecular formula is C13H24N6S. The molecule has 0 amide bonds. The van der Waals surface area contributed by atoms with Crippen molar-refractivity contribution >= 4 is 29.6 Å². The number of hydrogen-bond donors (Lipinski definition) is 1. The zero-order chi connectivity index (χ0) is 14.4. The predicted molar refractivity (Wildman–Crippen MR) is 87.1 cm³/mol. The van der Waals surface area contributed by atoms with Crippen molar-refractivity contribution in [1.82, 2.24) is 15.0 Å². The van der Waals surface area contributed by atoms with Crippen LogP contribution >= 0.6 is 11.8 Å². The highest BCUT2D eigenvalue weighted by Gasteiger charge is 2.16. The van der Waals surface area contributed by atoms with E-state index in [0.29, 0.717) is 11.9 Å². The van der Waals surface area contributed by atoms with E-state index in [0.717, 1.165) is 37.8 Å². The Bertz CT molecular complexity index is 417. The van der Waals surface area contributed by atoms with Crippen molar-refractivity contribution in [1.29, 1.82) is 0 Å². The molecule has 112 valence electrons. The molecule has 1 aromatic rings. The summed E-state index contributed by atoms with van der Waals surface area (Å²) in [6.45, 7) is 5.05. The van der Waals surface area contributed by atoms with Crippen LogP contribution in [0.1, 0.15) is 19.8 Å². The molecule has 1 aromatic heterocycles. The molecule has 6 nitrogen and oxygen atoms in total. The van der Waals surface area contributed by atoms with Gasteiger partial charge in [-0.05, 0) is 18.6 Å². The second kappa shape index (κ2) is 7.52. The summed E-state index contributed by atoms with van der Waals surface area (Å²) in [6.07, 6.45) is 2.24. The topological polar surface area (TPSA) is 57.2 Å². The number of nitrogens with one attached hydrogen (secondary N) is 1. The number of rotatable bonds is 5. The van der Waals surface area contributed by atoms with Crippen molar-refractivity contribution in [3.63, 3.8) is 0 Å². The molecular weight excluding hydrogens is 272 g/mol. The summed E-state index contributed by atoms with van der Waals surface area (Å²) in [5, 5.41) is 3.26. The van der Waals surface area contributed by atoms with Gasteiger partial charge in [-0.1, -0.05) is 6.92 Å². The van der Waals surface area contributed by atoms with E-state index in [2.05, 4.69) is 32.1 Å². The van der Waals surface area contributed by atoms with Gasteiger partial charge in [0.1, 0.15) is 0 Å². The molecule has 1 aliphatic rings. The molecule has 0 aliphatic carbocycles. The molecule has 0 radical (unpaired) electrons. The van der Waals surface area contributed by atoms with E-state index >= 15 is 0 Å². The highest BCUT2D eigenvalue weighted by atomic mass is 32.2. The lowest BCUT2D eigenvalue weighted by atomic mass is 10.4. The summed E-state index contributed by atoms with van der Waals surface area (Å²) in [5.41, 5.74) is 0. The lowest BCUT2D eigenvalue weighted by Gasteiger charge is -2.22. The average molecular weight is 296 g/mol. The van der Waals surface area contributed by atoms with Crippen LogP contribution in [0.3, 0.4) is 0 Å². The van der Waals surface area contributed by atoms with Gasteiger partial charge < -0.3 is 15.1 Å². The minimum Gasteiger partial charge on any atom is -0.354 e. The van der Waals surface area contributed by atoms with Crippen molar-refractivity contribution in [2.24, 2.45) is 0 Å². The molecule has 1 aliphatic heterocycles. The van der Waals surface area contributed by atoms with Gasteiger partial charge >= 0.3 is 0 Å². The summed E-state index contributed by atoms with van der Waals surface area (Å²) in [6, 6.07) is 0. The SMILES string of the molecule is CCCNc1nc(N(C)C)nc(N2CCCSCC2)n1. The van der Waals surface area contributed by atoms with E-state index in [-0.39, 0.29) is 0 Å². The molecule has 0 unspecified atom stereocenters. The molecule has 0 aromatic carbocycles. The monoisotopic (exact) mass is 296 g/mol. The van der Waals surface area contributed by atoms with Gasteiger partial charge in [0, 0.05) is 39.5 Å². The highest BCUT2D eigenvalue weighted by Crippen LogP contribution is 2.19. The fourth-order valence-electron chi connectivity index (χ4n) is 1.96. The Balaban J connectivity index is 2.22. The van der Waals surface area contributed by atoms with Crippen LogP contribution in [0.2, 0.25) is 0 Å². The van der Waals surface area contributed by atoms with Crippen LogP contribution in [0.4, 0.5) is 17.8 Å². The van der Waals surface area contributed by atoms with E-state index < -0.39 is 0 Å². The first kappa shape index (κ1) is 15.2. The molecule has 0 spiro atoms. The maximum atomic E-state index is 4.59. The normalized spacial score (nSPS) is 15.8. The minimum absolute atomic E-state index is 0.678. The third kappa shape index (κ3) is 4.13. The van der Waals surface area contributed by atoms with Gasteiger partial charge in [0.15, 0.2) is 0 Å². The number of thioether (sulfide) groups is 1. The summed E-state index contributed by atoms with van der Waals surface area (Å²) in [4.78, 5) is 17.8. The summed E-state index contributed by atoms with van der Waals surface area (Å²) >= 11 is 2.00. The van der Waals surface area contributed by atoms with Crippen LogP contribution in [0.5, 0.6) is 0 Å². The van der Waals surface area contributed by atoms with Crippen LogP contribution < -0.4 is 15.1 Å². The van der Waals surface area contributed by atoms with Crippen LogP contribution in [-0.4, -0.2) is 60.2 Å². The predicted octanol–water partition coefficient (Wildman–Crippen LogP) is 1.70. The Morgan fingerprint density at radius 3 is 2.80 bits per heavy atom. The second-order valence-corrected chi connectivity index (χ2v) is 6.26. The fraction of sp³-hybridized carbons (Fsp3) is 0.769. The number of aromatic nitrogens is 3. The van der Waals surface area contributed by atoms with Gasteiger partial charge in [0.25, 0.3) is 0 Å². The Labute approximate surface area is 125 Å². The Morgan fingerprint density at radius 1 is 1.20 bits per heavy atom. The molecule has 1 saturated heterocycles. The number of anilines is 3. The Kier molecular flexibility index (Phi) is 5.70. The van der Waals surface area contributed by atoms with Crippen LogP contribution in [0.15, 0.2) is 0 Å². The lowest BCUT2D eigenvalue weighted by Crippen LogP contribution is -2.29. The van der Waals surface area contributed by atoms with Gasteiger partial charge in [-0.25, -0.2) is 0 Å². The smallest absolute Gasteiger partial charge is 0.231 e. The van der Waals surface area contributed by atoms with E-state index in [1.807, 2.05) is 30.8 Å². The van der Waals surface area contributed by atoms with Gasteiger partial charge in [-0.15, -0.1) is 0 Å². The highest BCUT2D eigenvalue weighted by molar-refractivity contribution is 7.99. The Hall–Kier alpha value is -1.24. The minimum atomic E-state index is 0.678. The first-order valence-corrected chi connectivity index (χ1v) is 8.36. The van der Waals surface area contributed by atoms with Gasteiger partial charge in [0.05, 0.1) is 0 Å². The van der Waals surface area contributed by atoms with Crippen molar-refractivity contribution in [2.75, 3.05) is 60.4 Å². The maximum Gasteiger partial charge on any atom is 0.231 e. The van der Waals surface area contributed by atoms with Gasteiger partial charge in [-0.2, -0.15) is 26.7 Å². The van der Waals surface area contributed by atoms with Crippen LogP contribution in [0.25, 0.3) is 0 Å². The third-order valence-corrected chi connectivity index (χ3v) is 4.10. The van der Waals surface area contributed by atoms with Crippen molar-refractivity contribution < 1.29 is 0 Å². The molecule has 7 heteroatoms.